The van der Waals surface area contributed by atoms with Gasteiger partial charge in [0, 0.05) is 18.8 Å². The Bertz CT molecular complexity index is 1220. The summed E-state index contributed by atoms with van der Waals surface area (Å²) in [6.45, 7) is 5.37. The SMILES string of the molecule is CCN(CC)S(=O)(=O)c1cc(NC(=O)COC(=O)c2ccc(-n3cncn3)cc2)ccc1C. The van der Waals surface area contributed by atoms with E-state index in [1.54, 1.807) is 61.9 Å². The van der Waals surface area contributed by atoms with Crippen LogP contribution in [0, 0.1) is 6.92 Å². The molecule has 0 fully saturated rings. The lowest BCUT2D eigenvalue weighted by atomic mass is 10.2. The number of amides is 1. The summed E-state index contributed by atoms with van der Waals surface area (Å²) in [5, 5.41) is 6.58. The topological polar surface area (TPSA) is 123 Å². The minimum atomic E-state index is -3.69. The smallest absolute Gasteiger partial charge is 0.338 e. The van der Waals surface area contributed by atoms with Crippen molar-refractivity contribution in [1.82, 2.24) is 19.1 Å². The number of aryl methyl sites for hydroxylation is 1. The number of hydrogen-bond acceptors (Lipinski definition) is 7. The molecule has 2 aromatic carbocycles. The van der Waals surface area contributed by atoms with Gasteiger partial charge in [-0.25, -0.2) is 22.9 Å². The van der Waals surface area contributed by atoms with Gasteiger partial charge in [0.15, 0.2) is 6.61 Å². The number of anilines is 1. The molecule has 10 nitrogen and oxygen atoms in total. The summed E-state index contributed by atoms with van der Waals surface area (Å²) < 4.78 is 33.7. The summed E-state index contributed by atoms with van der Waals surface area (Å²) in [6.07, 6.45) is 2.93. The van der Waals surface area contributed by atoms with Crippen molar-refractivity contribution in [2.75, 3.05) is 25.0 Å². The highest BCUT2D eigenvalue weighted by atomic mass is 32.2. The average molecular weight is 472 g/mol. The zero-order chi connectivity index (χ0) is 24.0. The predicted molar refractivity (Wildman–Crippen MR) is 122 cm³/mol. The van der Waals surface area contributed by atoms with E-state index in [0.29, 0.717) is 24.3 Å². The normalized spacial score (nSPS) is 11.4. The summed E-state index contributed by atoms with van der Waals surface area (Å²) in [4.78, 5) is 28.5. The van der Waals surface area contributed by atoms with Gasteiger partial charge in [0.05, 0.1) is 16.1 Å². The van der Waals surface area contributed by atoms with E-state index >= 15 is 0 Å². The molecule has 0 aliphatic heterocycles. The van der Waals surface area contributed by atoms with Crippen molar-refractivity contribution >= 4 is 27.6 Å². The highest BCUT2D eigenvalue weighted by molar-refractivity contribution is 7.89. The number of esters is 1. The Labute approximate surface area is 192 Å². The van der Waals surface area contributed by atoms with Crippen LogP contribution in [0.15, 0.2) is 60.0 Å². The number of hydrogen-bond donors (Lipinski definition) is 1. The molecule has 0 unspecified atom stereocenters. The van der Waals surface area contributed by atoms with Gasteiger partial charge in [-0.2, -0.15) is 9.40 Å². The summed E-state index contributed by atoms with van der Waals surface area (Å²) in [7, 11) is -3.69. The second-order valence-electron chi connectivity index (χ2n) is 7.08. The van der Waals surface area contributed by atoms with E-state index in [1.165, 1.54) is 23.0 Å². The molecule has 0 radical (unpaired) electrons. The third kappa shape index (κ3) is 5.62. The van der Waals surface area contributed by atoms with Crippen LogP contribution in [0.3, 0.4) is 0 Å². The minimum Gasteiger partial charge on any atom is -0.452 e. The number of sulfonamides is 1. The lowest BCUT2D eigenvalue weighted by molar-refractivity contribution is -0.119. The van der Waals surface area contributed by atoms with Gasteiger partial charge >= 0.3 is 5.97 Å². The van der Waals surface area contributed by atoms with Crippen LogP contribution in [-0.4, -0.2) is 59.1 Å². The summed E-state index contributed by atoms with van der Waals surface area (Å²) in [5.74, 6) is -1.25. The summed E-state index contributed by atoms with van der Waals surface area (Å²) in [5.41, 5.74) is 1.86. The van der Waals surface area contributed by atoms with Crippen molar-refractivity contribution in [2.24, 2.45) is 0 Å². The van der Waals surface area contributed by atoms with Crippen molar-refractivity contribution in [3.8, 4) is 5.69 Å². The van der Waals surface area contributed by atoms with Crippen LogP contribution in [0.5, 0.6) is 0 Å². The molecule has 3 rings (SSSR count). The molecule has 0 saturated carbocycles. The molecule has 1 amide bonds. The van der Waals surface area contributed by atoms with Gasteiger partial charge in [-0.3, -0.25) is 4.79 Å². The number of nitrogens with zero attached hydrogens (tertiary/aromatic N) is 4. The van der Waals surface area contributed by atoms with E-state index in [4.69, 9.17) is 4.74 Å². The fourth-order valence-electron chi connectivity index (χ4n) is 3.16. The van der Waals surface area contributed by atoms with E-state index < -0.39 is 28.5 Å². The molecular formula is C22H25N5O5S. The Morgan fingerprint density at radius 2 is 1.79 bits per heavy atom. The van der Waals surface area contributed by atoms with Gasteiger partial charge in [0.2, 0.25) is 10.0 Å². The van der Waals surface area contributed by atoms with E-state index in [9.17, 15) is 18.0 Å². The lowest BCUT2D eigenvalue weighted by Crippen LogP contribution is -2.31. The van der Waals surface area contributed by atoms with Crippen molar-refractivity contribution in [1.29, 1.82) is 0 Å². The van der Waals surface area contributed by atoms with Crippen LogP contribution in [0.4, 0.5) is 5.69 Å². The molecule has 1 N–H and O–H groups in total. The molecule has 0 saturated heterocycles. The first-order chi connectivity index (χ1) is 15.8. The molecule has 0 aliphatic rings. The molecular weight excluding hydrogens is 446 g/mol. The molecule has 1 heterocycles. The Morgan fingerprint density at radius 1 is 1.09 bits per heavy atom. The van der Waals surface area contributed by atoms with Crippen molar-refractivity contribution < 1.29 is 22.7 Å². The van der Waals surface area contributed by atoms with Crippen LogP contribution in [0.2, 0.25) is 0 Å². The number of benzene rings is 2. The van der Waals surface area contributed by atoms with Gasteiger partial charge in [0.25, 0.3) is 5.91 Å². The fraction of sp³-hybridized carbons (Fsp3) is 0.273. The van der Waals surface area contributed by atoms with Gasteiger partial charge in [-0.1, -0.05) is 19.9 Å². The van der Waals surface area contributed by atoms with E-state index in [1.807, 2.05) is 0 Å². The van der Waals surface area contributed by atoms with Gasteiger partial charge in [-0.05, 0) is 48.9 Å². The van der Waals surface area contributed by atoms with E-state index in [-0.39, 0.29) is 10.5 Å². The second-order valence-corrected chi connectivity index (χ2v) is 8.99. The Hall–Kier alpha value is -3.57. The number of rotatable bonds is 9. The highest BCUT2D eigenvalue weighted by Gasteiger charge is 2.24. The Morgan fingerprint density at radius 3 is 2.39 bits per heavy atom. The van der Waals surface area contributed by atoms with Crippen LogP contribution in [0.25, 0.3) is 5.69 Å². The average Bonchev–Trinajstić information content (AvgIpc) is 3.34. The third-order valence-corrected chi connectivity index (χ3v) is 7.11. The first-order valence-corrected chi connectivity index (χ1v) is 11.7. The standard InChI is InChI=1S/C22H25N5O5S/c1-4-26(5-2)33(30,31)20-12-18(9-6-16(20)3)25-21(28)13-32-22(29)17-7-10-19(11-8-17)27-15-23-14-24-27/h6-12,14-15H,4-5,13H2,1-3H3,(H,25,28). The summed E-state index contributed by atoms with van der Waals surface area (Å²) in [6, 6.07) is 11.1. The van der Waals surface area contributed by atoms with Gasteiger partial charge in [0.1, 0.15) is 12.7 Å². The fourth-order valence-corrected chi connectivity index (χ4v) is 4.87. The van der Waals surface area contributed by atoms with Crippen LogP contribution >= 0.6 is 0 Å². The second kappa shape index (κ2) is 10.4. The highest BCUT2D eigenvalue weighted by Crippen LogP contribution is 2.23. The van der Waals surface area contributed by atoms with E-state index in [2.05, 4.69) is 15.4 Å². The first-order valence-electron chi connectivity index (χ1n) is 10.3. The minimum absolute atomic E-state index is 0.119. The predicted octanol–water partition coefficient (Wildman–Crippen LogP) is 2.40. The summed E-state index contributed by atoms with van der Waals surface area (Å²) >= 11 is 0. The number of carbonyl (C=O) groups is 2. The largest absolute Gasteiger partial charge is 0.452 e. The third-order valence-electron chi connectivity index (χ3n) is 4.92. The number of nitrogens with one attached hydrogen (secondary N) is 1. The molecule has 1 aromatic heterocycles. The van der Waals surface area contributed by atoms with Crippen LogP contribution < -0.4 is 5.32 Å². The molecule has 33 heavy (non-hydrogen) atoms. The van der Waals surface area contributed by atoms with Crippen LogP contribution in [0.1, 0.15) is 29.8 Å². The Kier molecular flexibility index (Phi) is 7.56. The molecule has 0 aliphatic carbocycles. The maximum Gasteiger partial charge on any atom is 0.338 e. The molecule has 11 heteroatoms. The number of carbonyl (C=O) groups excluding carboxylic acids is 2. The maximum absolute atomic E-state index is 12.9. The van der Waals surface area contributed by atoms with Crippen molar-refractivity contribution in [3.05, 3.63) is 66.2 Å². The zero-order valence-corrected chi connectivity index (χ0v) is 19.4. The van der Waals surface area contributed by atoms with Crippen molar-refractivity contribution in [2.45, 2.75) is 25.7 Å². The zero-order valence-electron chi connectivity index (χ0n) is 18.6. The van der Waals surface area contributed by atoms with Crippen molar-refractivity contribution in [3.63, 3.8) is 0 Å². The lowest BCUT2D eigenvalue weighted by Gasteiger charge is -2.20. The molecule has 0 spiro atoms. The van der Waals surface area contributed by atoms with E-state index in [0.717, 1.165) is 5.69 Å². The monoisotopic (exact) mass is 471 g/mol. The molecule has 0 bridgehead atoms. The molecule has 3 aromatic rings. The number of ether oxygens (including phenoxy) is 1. The number of aromatic nitrogens is 3. The molecule has 174 valence electrons. The molecule has 0 atom stereocenters. The van der Waals surface area contributed by atoms with Gasteiger partial charge < -0.3 is 10.1 Å². The van der Waals surface area contributed by atoms with Crippen LogP contribution in [-0.2, 0) is 19.6 Å². The Balaban J connectivity index is 1.62. The maximum atomic E-state index is 12.9. The first kappa shape index (κ1) is 24.1. The van der Waals surface area contributed by atoms with Gasteiger partial charge in [-0.15, -0.1) is 0 Å². The quantitative estimate of drug-likeness (QED) is 0.475.